The van der Waals surface area contributed by atoms with Crippen LogP contribution in [0.2, 0.25) is 0 Å². The topological polar surface area (TPSA) is 84.6 Å². The molecule has 1 rings (SSSR count). The SMILES string of the molecule is C[C@H](NC(=O)[C@@H](C)O)[C@@H]1CC[C@@H](N)CO1. The van der Waals surface area contributed by atoms with Gasteiger partial charge in [0.25, 0.3) is 0 Å². The summed E-state index contributed by atoms with van der Waals surface area (Å²) in [5.41, 5.74) is 5.69. The number of carbonyl (C=O) groups excluding carboxylic acids is 1. The van der Waals surface area contributed by atoms with Crippen LogP contribution in [0.5, 0.6) is 0 Å². The predicted octanol–water partition coefficient (Wildman–Crippen LogP) is -0.622. The highest BCUT2D eigenvalue weighted by molar-refractivity contribution is 5.80. The van der Waals surface area contributed by atoms with E-state index in [-0.39, 0.29) is 24.1 Å². The maximum atomic E-state index is 11.2. The molecule has 5 heteroatoms. The number of amides is 1. The number of ether oxygens (including phenoxy) is 1. The van der Waals surface area contributed by atoms with Crippen molar-refractivity contribution in [2.45, 2.75) is 51.0 Å². The van der Waals surface area contributed by atoms with E-state index < -0.39 is 6.10 Å². The van der Waals surface area contributed by atoms with Crippen LogP contribution in [0.15, 0.2) is 0 Å². The first kappa shape index (κ1) is 12.4. The first-order chi connectivity index (χ1) is 7.00. The van der Waals surface area contributed by atoms with E-state index in [0.717, 1.165) is 12.8 Å². The quantitative estimate of drug-likeness (QED) is 0.587. The van der Waals surface area contributed by atoms with Gasteiger partial charge < -0.3 is 20.9 Å². The second-order valence-electron chi connectivity index (χ2n) is 4.18. The van der Waals surface area contributed by atoms with Crippen molar-refractivity contribution in [3.8, 4) is 0 Å². The lowest BCUT2D eigenvalue weighted by molar-refractivity contribution is -0.130. The Kier molecular flexibility index (Phi) is 4.50. The Hall–Kier alpha value is -0.650. The van der Waals surface area contributed by atoms with Crippen LogP contribution in [0.1, 0.15) is 26.7 Å². The molecule has 0 bridgehead atoms. The van der Waals surface area contributed by atoms with E-state index in [1.165, 1.54) is 6.92 Å². The lowest BCUT2D eigenvalue weighted by atomic mass is 10.0. The largest absolute Gasteiger partial charge is 0.384 e. The van der Waals surface area contributed by atoms with Crippen molar-refractivity contribution in [2.24, 2.45) is 5.73 Å². The zero-order valence-electron chi connectivity index (χ0n) is 9.27. The molecule has 0 aliphatic carbocycles. The predicted molar refractivity (Wildman–Crippen MR) is 56.2 cm³/mol. The Morgan fingerprint density at radius 3 is 2.67 bits per heavy atom. The van der Waals surface area contributed by atoms with Crippen molar-refractivity contribution in [3.63, 3.8) is 0 Å². The maximum Gasteiger partial charge on any atom is 0.248 e. The van der Waals surface area contributed by atoms with E-state index in [4.69, 9.17) is 15.6 Å². The van der Waals surface area contributed by atoms with Gasteiger partial charge in [0.15, 0.2) is 0 Å². The Balaban J connectivity index is 2.34. The third-order valence-corrected chi connectivity index (χ3v) is 2.65. The van der Waals surface area contributed by atoms with Crippen LogP contribution in [0.3, 0.4) is 0 Å². The first-order valence-electron chi connectivity index (χ1n) is 5.36. The third-order valence-electron chi connectivity index (χ3n) is 2.65. The molecule has 4 atom stereocenters. The van der Waals surface area contributed by atoms with Crippen LogP contribution in [-0.2, 0) is 9.53 Å². The zero-order chi connectivity index (χ0) is 11.4. The average Bonchev–Trinajstić information content (AvgIpc) is 2.18. The van der Waals surface area contributed by atoms with Crippen molar-refractivity contribution in [3.05, 3.63) is 0 Å². The molecule has 0 saturated carbocycles. The molecule has 1 aliphatic heterocycles. The standard InChI is InChI=1S/C10H20N2O3/c1-6(12-10(14)7(2)13)9-4-3-8(11)5-15-9/h6-9,13H,3-5,11H2,1-2H3,(H,12,14)/t6-,7+,8+,9-/m0/s1. The van der Waals surface area contributed by atoms with E-state index >= 15 is 0 Å². The van der Waals surface area contributed by atoms with Gasteiger partial charge in [0.1, 0.15) is 6.10 Å². The number of rotatable bonds is 3. The molecule has 4 N–H and O–H groups in total. The highest BCUT2D eigenvalue weighted by Gasteiger charge is 2.25. The number of nitrogens with one attached hydrogen (secondary N) is 1. The van der Waals surface area contributed by atoms with Crippen LogP contribution < -0.4 is 11.1 Å². The van der Waals surface area contributed by atoms with Crippen LogP contribution in [-0.4, -0.2) is 41.9 Å². The van der Waals surface area contributed by atoms with Crippen LogP contribution in [0.25, 0.3) is 0 Å². The van der Waals surface area contributed by atoms with Gasteiger partial charge in [0.2, 0.25) is 5.91 Å². The zero-order valence-corrected chi connectivity index (χ0v) is 9.27. The molecule has 1 amide bonds. The van der Waals surface area contributed by atoms with Gasteiger partial charge in [0, 0.05) is 6.04 Å². The summed E-state index contributed by atoms with van der Waals surface area (Å²) in [5.74, 6) is -0.360. The van der Waals surface area contributed by atoms with Gasteiger partial charge in [-0.3, -0.25) is 4.79 Å². The Morgan fingerprint density at radius 2 is 2.20 bits per heavy atom. The summed E-state index contributed by atoms with van der Waals surface area (Å²) in [7, 11) is 0. The number of aliphatic hydroxyl groups is 1. The van der Waals surface area contributed by atoms with Gasteiger partial charge >= 0.3 is 0 Å². The molecule has 0 spiro atoms. The molecule has 0 unspecified atom stereocenters. The van der Waals surface area contributed by atoms with E-state index in [1.807, 2.05) is 6.92 Å². The molecule has 1 fully saturated rings. The Labute approximate surface area is 90.0 Å². The lowest BCUT2D eigenvalue weighted by Gasteiger charge is -2.31. The van der Waals surface area contributed by atoms with E-state index in [9.17, 15) is 4.79 Å². The molecule has 15 heavy (non-hydrogen) atoms. The highest BCUT2D eigenvalue weighted by Crippen LogP contribution is 2.15. The third kappa shape index (κ3) is 3.77. The molecule has 0 aromatic heterocycles. The summed E-state index contributed by atoms with van der Waals surface area (Å²) in [4.78, 5) is 11.2. The normalized spacial score (nSPS) is 30.7. The van der Waals surface area contributed by atoms with Crippen molar-refractivity contribution in [1.29, 1.82) is 0 Å². The number of hydrogen-bond acceptors (Lipinski definition) is 4. The van der Waals surface area contributed by atoms with Gasteiger partial charge in [-0.15, -0.1) is 0 Å². The van der Waals surface area contributed by atoms with Gasteiger partial charge in [-0.25, -0.2) is 0 Å². The Bertz CT molecular complexity index is 213. The second-order valence-corrected chi connectivity index (χ2v) is 4.18. The van der Waals surface area contributed by atoms with Crippen molar-refractivity contribution in [1.82, 2.24) is 5.32 Å². The van der Waals surface area contributed by atoms with Crippen molar-refractivity contribution < 1.29 is 14.6 Å². The molecular weight excluding hydrogens is 196 g/mol. The van der Waals surface area contributed by atoms with E-state index in [0.29, 0.717) is 6.61 Å². The molecule has 1 heterocycles. The molecular formula is C10H20N2O3. The Morgan fingerprint density at radius 1 is 1.53 bits per heavy atom. The fourth-order valence-electron chi connectivity index (χ4n) is 1.62. The van der Waals surface area contributed by atoms with E-state index in [2.05, 4.69) is 5.32 Å². The summed E-state index contributed by atoms with van der Waals surface area (Å²) in [6.45, 7) is 3.86. The first-order valence-corrected chi connectivity index (χ1v) is 5.36. The summed E-state index contributed by atoms with van der Waals surface area (Å²) in [6, 6.07) is 0.0283. The molecule has 1 saturated heterocycles. The second kappa shape index (κ2) is 5.44. The van der Waals surface area contributed by atoms with Crippen LogP contribution >= 0.6 is 0 Å². The number of aliphatic hydroxyl groups excluding tert-OH is 1. The van der Waals surface area contributed by atoms with Gasteiger partial charge in [-0.2, -0.15) is 0 Å². The molecule has 0 radical (unpaired) electrons. The smallest absolute Gasteiger partial charge is 0.248 e. The minimum Gasteiger partial charge on any atom is -0.384 e. The van der Waals surface area contributed by atoms with Gasteiger partial charge in [-0.1, -0.05) is 0 Å². The summed E-state index contributed by atoms with van der Waals surface area (Å²) in [5, 5.41) is 11.7. The molecule has 0 aromatic carbocycles. The summed E-state index contributed by atoms with van der Waals surface area (Å²) < 4.78 is 5.51. The molecule has 0 aromatic rings. The van der Waals surface area contributed by atoms with Gasteiger partial charge in [0.05, 0.1) is 18.8 Å². The lowest BCUT2D eigenvalue weighted by Crippen LogP contribution is -2.49. The summed E-state index contributed by atoms with van der Waals surface area (Å²) >= 11 is 0. The van der Waals surface area contributed by atoms with Crippen LogP contribution in [0, 0.1) is 0 Å². The number of nitrogens with two attached hydrogens (primary N) is 1. The summed E-state index contributed by atoms with van der Waals surface area (Å²) in [6.07, 6.45) is 0.799. The molecule has 5 nitrogen and oxygen atoms in total. The minimum atomic E-state index is -0.974. The number of carbonyl (C=O) groups is 1. The fraction of sp³-hybridized carbons (Fsp3) is 0.900. The molecule has 88 valence electrons. The average molecular weight is 216 g/mol. The molecule has 1 aliphatic rings. The highest BCUT2D eigenvalue weighted by atomic mass is 16.5. The monoisotopic (exact) mass is 216 g/mol. The van der Waals surface area contributed by atoms with Crippen molar-refractivity contribution >= 4 is 5.91 Å². The van der Waals surface area contributed by atoms with Crippen LogP contribution in [0.4, 0.5) is 0 Å². The van der Waals surface area contributed by atoms with Crippen molar-refractivity contribution in [2.75, 3.05) is 6.61 Å². The fourth-order valence-corrected chi connectivity index (χ4v) is 1.62. The van der Waals surface area contributed by atoms with Gasteiger partial charge in [-0.05, 0) is 26.7 Å². The van der Waals surface area contributed by atoms with E-state index in [1.54, 1.807) is 0 Å². The number of hydrogen-bond donors (Lipinski definition) is 3. The minimum absolute atomic E-state index is 0.00694. The maximum absolute atomic E-state index is 11.2.